The average Bonchev–Trinajstić information content (AvgIpc) is 2.07. The van der Waals surface area contributed by atoms with E-state index in [4.69, 9.17) is 5.11 Å². The second-order valence-electron chi connectivity index (χ2n) is 2.49. The maximum Gasteiger partial charge on any atom is 0.134 e. The molecule has 0 spiro atoms. The number of benzene rings is 1. The summed E-state index contributed by atoms with van der Waals surface area (Å²) in [5, 5.41) is 9.41. The monoisotopic (exact) mass is 163 g/mol. The number of halogens is 1. The van der Waals surface area contributed by atoms with Gasteiger partial charge in [-0.15, -0.1) is 0 Å². The molecule has 1 heterocycles. The lowest BCUT2D eigenvalue weighted by Gasteiger charge is -1.97. The molecule has 0 amide bonds. The number of phenolic OH excluding ortho intramolecular Hbond substituents is 1. The molecule has 1 N–H and O–H groups in total. The first-order valence-electron chi connectivity index (χ1n) is 3.50. The Labute approximate surface area is 68.3 Å². The third-order valence-corrected chi connectivity index (χ3v) is 1.67. The minimum absolute atomic E-state index is 0.0504. The predicted molar refractivity (Wildman–Crippen MR) is 43.4 cm³/mol. The van der Waals surface area contributed by atoms with Crippen molar-refractivity contribution in [3.63, 3.8) is 0 Å². The summed E-state index contributed by atoms with van der Waals surface area (Å²) in [6, 6.07) is 5.68. The molecular formula is C9H6FNO. The van der Waals surface area contributed by atoms with Crippen molar-refractivity contribution in [2.75, 3.05) is 0 Å². The fourth-order valence-electron chi connectivity index (χ4n) is 1.10. The van der Waals surface area contributed by atoms with Gasteiger partial charge in [0.05, 0.1) is 5.52 Å². The second kappa shape index (κ2) is 2.44. The van der Waals surface area contributed by atoms with Crippen molar-refractivity contribution in [1.82, 2.24) is 4.98 Å². The molecule has 0 radical (unpaired) electrons. The standard InChI is InChI=1S/C9H6FNO/c10-8-3-4-11-9-2-1-6(12)5-7(8)9/h1-5,12H. The number of rotatable bonds is 0. The Balaban J connectivity index is 2.88. The van der Waals surface area contributed by atoms with Crippen molar-refractivity contribution >= 4 is 10.9 Å². The lowest BCUT2D eigenvalue weighted by molar-refractivity contribution is 0.476. The van der Waals surface area contributed by atoms with Crippen LogP contribution >= 0.6 is 0 Å². The molecule has 0 aliphatic rings. The van der Waals surface area contributed by atoms with Gasteiger partial charge in [-0.1, -0.05) is 0 Å². The molecule has 2 rings (SSSR count). The van der Waals surface area contributed by atoms with Gasteiger partial charge in [0.15, 0.2) is 0 Å². The molecule has 1 aromatic heterocycles. The normalized spacial score (nSPS) is 10.4. The average molecular weight is 163 g/mol. The van der Waals surface area contributed by atoms with Gasteiger partial charge in [-0.25, -0.2) is 4.39 Å². The molecule has 0 aliphatic heterocycles. The summed E-state index contributed by atoms with van der Waals surface area (Å²) in [6.45, 7) is 0. The zero-order chi connectivity index (χ0) is 8.55. The third-order valence-electron chi connectivity index (χ3n) is 1.67. The van der Waals surface area contributed by atoms with E-state index in [9.17, 15) is 4.39 Å². The minimum Gasteiger partial charge on any atom is -0.508 e. The highest BCUT2D eigenvalue weighted by molar-refractivity contribution is 5.80. The number of nitrogens with zero attached hydrogens (tertiary/aromatic N) is 1. The summed E-state index contributed by atoms with van der Waals surface area (Å²) in [6.07, 6.45) is 1.40. The van der Waals surface area contributed by atoms with Crippen LogP contribution in [0.1, 0.15) is 0 Å². The quantitative estimate of drug-likeness (QED) is 0.645. The Morgan fingerprint density at radius 3 is 2.92 bits per heavy atom. The van der Waals surface area contributed by atoms with Crippen LogP contribution in [0.4, 0.5) is 4.39 Å². The van der Waals surface area contributed by atoms with E-state index in [0.29, 0.717) is 10.9 Å². The van der Waals surface area contributed by atoms with Gasteiger partial charge in [0.2, 0.25) is 0 Å². The van der Waals surface area contributed by atoms with Crippen molar-refractivity contribution in [1.29, 1.82) is 0 Å². The van der Waals surface area contributed by atoms with Crippen molar-refractivity contribution in [3.8, 4) is 5.75 Å². The van der Waals surface area contributed by atoms with Crippen LogP contribution < -0.4 is 0 Å². The topological polar surface area (TPSA) is 33.1 Å². The van der Waals surface area contributed by atoms with E-state index in [1.54, 1.807) is 6.07 Å². The van der Waals surface area contributed by atoms with Crippen LogP contribution in [0.15, 0.2) is 30.5 Å². The van der Waals surface area contributed by atoms with Crippen LogP contribution in [0.2, 0.25) is 0 Å². The van der Waals surface area contributed by atoms with Gasteiger partial charge < -0.3 is 5.11 Å². The van der Waals surface area contributed by atoms with E-state index in [2.05, 4.69) is 4.98 Å². The summed E-state index contributed by atoms with van der Waals surface area (Å²) in [7, 11) is 0. The van der Waals surface area contributed by atoms with E-state index in [1.165, 1.54) is 24.4 Å². The number of aromatic hydroxyl groups is 1. The molecule has 60 valence electrons. The Morgan fingerprint density at radius 2 is 2.08 bits per heavy atom. The lowest BCUT2D eigenvalue weighted by atomic mass is 10.2. The molecule has 0 saturated carbocycles. The van der Waals surface area contributed by atoms with Crippen LogP contribution in [-0.2, 0) is 0 Å². The van der Waals surface area contributed by atoms with E-state index in [-0.39, 0.29) is 11.6 Å². The molecule has 0 fully saturated rings. The number of hydrogen-bond acceptors (Lipinski definition) is 2. The number of fused-ring (bicyclic) bond motifs is 1. The predicted octanol–water partition coefficient (Wildman–Crippen LogP) is 2.08. The Bertz CT molecular complexity index is 428. The largest absolute Gasteiger partial charge is 0.508 e. The van der Waals surface area contributed by atoms with Crippen LogP contribution in [-0.4, -0.2) is 10.1 Å². The number of pyridine rings is 1. The molecular weight excluding hydrogens is 157 g/mol. The van der Waals surface area contributed by atoms with Gasteiger partial charge in [-0.05, 0) is 24.3 Å². The highest BCUT2D eigenvalue weighted by Crippen LogP contribution is 2.19. The Kier molecular flexibility index (Phi) is 1.43. The number of aromatic nitrogens is 1. The summed E-state index contributed by atoms with van der Waals surface area (Å²) >= 11 is 0. The summed E-state index contributed by atoms with van der Waals surface area (Å²) in [5.74, 6) is -0.315. The molecule has 3 heteroatoms. The van der Waals surface area contributed by atoms with Crippen LogP contribution in [0.5, 0.6) is 5.75 Å². The fourth-order valence-corrected chi connectivity index (χ4v) is 1.10. The van der Waals surface area contributed by atoms with Gasteiger partial charge in [0.25, 0.3) is 0 Å². The van der Waals surface area contributed by atoms with Gasteiger partial charge >= 0.3 is 0 Å². The summed E-state index contributed by atoms with van der Waals surface area (Å²) in [5.41, 5.74) is 0.549. The van der Waals surface area contributed by atoms with E-state index in [0.717, 1.165) is 0 Å². The molecule has 0 atom stereocenters. The van der Waals surface area contributed by atoms with Crippen molar-refractivity contribution in [2.24, 2.45) is 0 Å². The summed E-state index contributed by atoms with van der Waals surface area (Å²) in [4.78, 5) is 3.93. The molecule has 2 nitrogen and oxygen atoms in total. The Hall–Kier alpha value is -1.64. The molecule has 0 unspecified atom stereocenters. The third kappa shape index (κ3) is 0.993. The smallest absolute Gasteiger partial charge is 0.134 e. The minimum atomic E-state index is -0.365. The van der Waals surface area contributed by atoms with Gasteiger partial charge in [-0.3, -0.25) is 4.98 Å². The van der Waals surface area contributed by atoms with Gasteiger partial charge in [0, 0.05) is 11.6 Å². The van der Waals surface area contributed by atoms with E-state index >= 15 is 0 Å². The zero-order valence-electron chi connectivity index (χ0n) is 6.16. The highest BCUT2D eigenvalue weighted by Gasteiger charge is 2.00. The first-order chi connectivity index (χ1) is 5.77. The fraction of sp³-hybridized carbons (Fsp3) is 0. The summed E-state index contributed by atoms with van der Waals surface area (Å²) < 4.78 is 13.0. The SMILES string of the molecule is Oc1ccc2nccc(F)c2c1. The molecule has 0 saturated heterocycles. The van der Waals surface area contributed by atoms with Crippen LogP contribution in [0, 0.1) is 5.82 Å². The molecule has 2 aromatic rings. The zero-order valence-corrected chi connectivity index (χ0v) is 6.16. The van der Waals surface area contributed by atoms with Crippen molar-refractivity contribution in [2.45, 2.75) is 0 Å². The van der Waals surface area contributed by atoms with E-state index in [1.807, 2.05) is 0 Å². The molecule has 0 bridgehead atoms. The van der Waals surface area contributed by atoms with Gasteiger partial charge in [-0.2, -0.15) is 0 Å². The first kappa shape index (κ1) is 7.03. The molecule has 12 heavy (non-hydrogen) atoms. The van der Waals surface area contributed by atoms with E-state index < -0.39 is 0 Å². The van der Waals surface area contributed by atoms with Crippen LogP contribution in [0.3, 0.4) is 0 Å². The second-order valence-corrected chi connectivity index (χ2v) is 2.49. The maximum atomic E-state index is 13.0. The number of phenols is 1. The highest BCUT2D eigenvalue weighted by atomic mass is 19.1. The maximum absolute atomic E-state index is 13.0. The van der Waals surface area contributed by atoms with Crippen LogP contribution in [0.25, 0.3) is 10.9 Å². The molecule has 1 aromatic carbocycles. The Morgan fingerprint density at radius 1 is 1.25 bits per heavy atom. The first-order valence-corrected chi connectivity index (χ1v) is 3.50. The molecule has 0 aliphatic carbocycles. The van der Waals surface area contributed by atoms with Crippen molar-refractivity contribution < 1.29 is 9.50 Å². The lowest BCUT2D eigenvalue weighted by Crippen LogP contribution is -1.81. The van der Waals surface area contributed by atoms with Crippen molar-refractivity contribution in [3.05, 3.63) is 36.3 Å². The number of hydrogen-bond donors (Lipinski definition) is 1. The van der Waals surface area contributed by atoms with Gasteiger partial charge in [0.1, 0.15) is 11.6 Å².